The van der Waals surface area contributed by atoms with Crippen molar-refractivity contribution in [2.75, 3.05) is 13.1 Å². The van der Waals surface area contributed by atoms with Crippen molar-refractivity contribution < 1.29 is 4.79 Å². The van der Waals surface area contributed by atoms with Crippen LogP contribution < -0.4 is 10.6 Å². The zero-order valence-corrected chi connectivity index (χ0v) is 10.7. The van der Waals surface area contributed by atoms with Crippen LogP contribution in [0.2, 0.25) is 10.2 Å². The number of halogens is 2. The fourth-order valence-corrected chi connectivity index (χ4v) is 2.17. The van der Waals surface area contributed by atoms with Gasteiger partial charge in [0.2, 0.25) is 0 Å². The minimum atomic E-state index is -0.223. The number of nitrogens with one attached hydrogen (secondary N) is 2. The van der Waals surface area contributed by atoms with E-state index in [4.69, 9.17) is 23.2 Å². The molecule has 1 aliphatic heterocycles. The number of hydrogen-bond acceptors (Lipinski definition) is 3. The molecule has 1 saturated heterocycles. The molecular weight excluding hydrogens is 261 g/mol. The summed E-state index contributed by atoms with van der Waals surface area (Å²) in [6, 6.07) is 1.67. The number of carbonyl (C=O) groups excluding carboxylic acids is 1. The Morgan fingerprint density at radius 3 is 3.06 bits per heavy atom. The molecule has 1 aromatic heterocycles. The SMILES string of the molecule is O=C(NC1CCCNC1)c1cc(Cl)cnc1Cl. The first-order valence-corrected chi connectivity index (χ1v) is 6.25. The van der Waals surface area contributed by atoms with Crippen molar-refractivity contribution in [1.29, 1.82) is 0 Å². The van der Waals surface area contributed by atoms with Crippen molar-refractivity contribution in [1.82, 2.24) is 15.6 Å². The maximum absolute atomic E-state index is 12.0. The first-order chi connectivity index (χ1) is 8.16. The summed E-state index contributed by atoms with van der Waals surface area (Å²) in [6.45, 7) is 1.79. The quantitative estimate of drug-likeness (QED) is 0.809. The molecule has 1 fully saturated rings. The number of carbonyl (C=O) groups is 1. The summed E-state index contributed by atoms with van der Waals surface area (Å²) in [4.78, 5) is 15.8. The highest BCUT2D eigenvalue weighted by Crippen LogP contribution is 2.17. The second kappa shape index (κ2) is 5.67. The smallest absolute Gasteiger partial charge is 0.254 e. The van der Waals surface area contributed by atoms with Gasteiger partial charge in [0.15, 0.2) is 0 Å². The van der Waals surface area contributed by atoms with E-state index >= 15 is 0 Å². The molecule has 2 N–H and O–H groups in total. The lowest BCUT2D eigenvalue weighted by Gasteiger charge is -2.23. The maximum Gasteiger partial charge on any atom is 0.254 e. The maximum atomic E-state index is 12.0. The molecule has 0 aliphatic carbocycles. The van der Waals surface area contributed by atoms with Crippen molar-refractivity contribution in [2.24, 2.45) is 0 Å². The molecule has 1 unspecified atom stereocenters. The third-order valence-corrected chi connectivity index (χ3v) is 3.19. The average molecular weight is 274 g/mol. The predicted molar refractivity (Wildman–Crippen MR) is 67.6 cm³/mol. The Balaban J connectivity index is 2.05. The van der Waals surface area contributed by atoms with E-state index in [1.54, 1.807) is 0 Å². The van der Waals surface area contributed by atoms with Gasteiger partial charge in [-0.15, -0.1) is 0 Å². The first kappa shape index (κ1) is 12.6. The lowest BCUT2D eigenvalue weighted by molar-refractivity contribution is 0.0930. The Hall–Kier alpha value is -0.840. The van der Waals surface area contributed by atoms with E-state index < -0.39 is 0 Å². The number of nitrogens with zero attached hydrogens (tertiary/aromatic N) is 1. The lowest BCUT2D eigenvalue weighted by atomic mass is 10.1. The number of rotatable bonds is 2. The third kappa shape index (κ3) is 3.31. The van der Waals surface area contributed by atoms with Crippen LogP contribution in [0.3, 0.4) is 0 Å². The van der Waals surface area contributed by atoms with Crippen LogP contribution in [-0.2, 0) is 0 Å². The molecule has 1 amide bonds. The summed E-state index contributed by atoms with van der Waals surface area (Å²) in [6.07, 6.45) is 3.46. The summed E-state index contributed by atoms with van der Waals surface area (Å²) in [5.74, 6) is -0.223. The van der Waals surface area contributed by atoms with Gasteiger partial charge in [0.05, 0.1) is 10.6 Å². The summed E-state index contributed by atoms with van der Waals surface area (Å²) in [5.41, 5.74) is 0.324. The molecule has 2 rings (SSSR count). The highest BCUT2D eigenvalue weighted by molar-refractivity contribution is 6.34. The van der Waals surface area contributed by atoms with E-state index in [-0.39, 0.29) is 17.1 Å². The molecule has 92 valence electrons. The molecule has 1 atom stereocenters. The van der Waals surface area contributed by atoms with Gasteiger partial charge in [0.1, 0.15) is 5.15 Å². The standard InChI is InChI=1S/C11H13Cl2N3O/c12-7-4-9(10(13)15-5-7)11(17)16-8-2-1-3-14-6-8/h4-5,8,14H,1-3,6H2,(H,16,17). The van der Waals surface area contributed by atoms with Gasteiger partial charge in [0.25, 0.3) is 5.91 Å². The van der Waals surface area contributed by atoms with Crippen molar-refractivity contribution in [3.05, 3.63) is 28.0 Å². The Labute approximate surface area is 110 Å². The molecule has 2 heterocycles. The molecular formula is C11H13Cl2N3O. The van der Waals surface area contributed by atoms with Crippen LogP contribution in [0.5, 0.6) is 0 Å². The van der Waals surface area contributed by atoms with Crippen LogP contribution in [0.15, 0.2) is 12.3 Å². The van der Waals surface area contributed by atoms with Gasteiger partial charge in [-0.3, -0.25) is 4.79 Å². The molecule has 0 aromatic carbocycles. The van der Waals surface area contributed by atoms with E-state index in [0.29, 0.717) is 10.6 Å². The highest BCUT2D eigenvalue weighted by Gasteiger charge is 2.18. The van der Waals surface area contributed by atoms with Gasteiger partial charge in [-0.1, -0.05) is 23.2 Å². The van der Waals surface area contributed by atoms with Gasteiger partial charge >= 0.3 is 0 Å². The van der Waals surface area contributed by atoms with E-state index in [1.807, 2.05) is 0 Å². The summed E-state index contributed by atoms with van der Waals surface area (Å²) < 4.78 is 0. The van der Waals surface area contributed by atoms with Crippen LogP contribution in [0.25, 0.3) is 0 Å². The second-order valence-electron chi connectivity index (χ2n) is 4.01. The topological polar surface area (TPSA) is 54.0 Å². The third-order valence-electron chi connectivity index (χ3n) is 2.68. The lowest BCUT2D eigenvalue weighted by Crippen LogP contribution is -2.45. The number of hydrogen-bond donors (Lipinski definition) is 2. The van der Waals surface area contributed by atoms with E-state index in [0.717, 1.165) is 25.9 Å². The van der Waals surface area contributed by atoms with Crippen LogP contribution in [0.1, 0.15) is 23.2 Å². The van der Waals surface area contributed by atoms with Crippen molar-refractivity contribution in [3.63, 3.8) is 0 Å². The van der Waals surface area contributed by atoms with Crippen LogP contribution >= 0.6 is 23.2 Å². The molecule has 17 heavy (non-hydrogen) atoms. The van der Waals surface area contributed by atoms with Crippen LogP contribution in [-0.4, -0.2) is 30.0 Å². The van der Waals surface area contributed by atoms with Crippen molar-refractivity contribution >= 4 is 29.1 Å². The molecule has 4 nitrogen and oxygen atoms in total. The molecule has 0 saturated carbocycles. The van der Waals surface area contributed by atoms with Gasteiger partial charge < -0.3 is 10.6 Å². The summed E-state index contributed by atoms with van der Waals surface area (Å²) >= 11 is 11.7. The van der Waals surface area contributed by atoms with Gasteiger partial charge in [-0.2, -0.15) is 0 Å². The average Bonchev–Trinajstić information content (AvgIpc) is 2.33. The number of pyridine rings is 1. The van der Waals surface area contributed by atoms with E-state index in [2.05, 4.69) is 15.6 Å². The second-order valence-corrected chi connectivity index (χ2v) is 4.80. The molecule has 1 aliphatic rings. The number of aromatic nitrogens is 1. The van der Waals surface area contributed by atoms with E-state index in [1.165, 1.54) is 12.3 Å². The molecule has 1 aromatic rings. The Bertz CT molecular complexity index is 419. The minimum absolute atomic E-state index is 0.145. The molecule has 0 radical (unpaired) electrons. The Kier molecular flexibility index (Phi) is 4.20. The minimum Gasteiger partial charge on any atom is -0.348 e. The fraction of sp³-hybridized carbons (Fsp3) is 0.455. The van der Waals surface area contributed by atoms with E-state index in [9.17, 15) is 4.79 Å². The fourth-order valence-electron chi connectivity index (χ4n) is 1.82. The number of amides is 1. The molecule has 6 heteroatoms. The normalized spacial score (nSPS) is 20.0. The van der Waals surface area contributed by atoms with Gasteiger partial charge in [-0.25, -0.2) is 4.98 Å². The van der Waals surface area contributed by atoms with Crippen LogP contribution in [0, 0.1) is 0 Å². The predicted octanol–water partition coefficient (Wildman–Crippen LogP) is 1.87. The molecule has 0 bridgehead atoms. The first-order valence-electron chi connectivity index (χ1n) is 5.49. The Morgan fingerprint density at radius 2 is 2.35 bits per heavy atom. The highest BCUT2D eigenvalue weighted by atomic mass is 35.5. The summed E-state index contributed by atoms with van der Waals surface area (Å²) in [7, 11) is 0. The molecule has 0 spiro atoms. The zero-order chi connectivity index (χ0) is 12.3. The van der Waals surface area contributed by atoms with Crippen molar-refractivity contribution in [2.45, 2.75) is 18.9 Å². The Morgan fingerprint density at radius 1 is 1.53 bits per heavy atom. The van der Waals surface area contributed by atoms with Crippen molar-refractivity contribution in [3.8, 4) is 0 Å². The zero-order valence-electron chi connectivity index (χ0n) is 9.17. The monoisotopic (exact) mass is 273 g/mol. The van der Waals surface area contributed by atoms with Gasteiger partial charge in [-0.05, 0) is 25.5 Å². The largest absolute Gasteiger partial charge is 0.348 e. The summed E-state index contributed by atoms with van der Waals surface area (Å²) in [5, 5.41) is 6.73. The van der Waals surface area contributed by atoms with Gasteiger partial charge in [0, 0.05) is 18.8 Å². The number of piperidine rings is 1. The van der Waals surface area contributed by atoms with Crippen LogP contribution in [0.4, 0.5) is 0 Å².